The maximum Gasteiger partial charge on any atom is 0.338 e. The lowest BCUT2D eigenvalue weighted by atomic mass is 10.2. The lowest BCUT2D eigenvalue weighted by Crippen LogP contribution is -2.03. The first-order valence-electron chi connectivity index (χ1n) is 8.01. The van der Waals surface area contributed by atoms with Gasteiger partial charge in [-0.15, -0.1) is 0 Å². The second kappa shape index (κ2) is 7.57. The Morgan fingerprint density at radius 1 is 1.12 bits per heavy atom. The minimum absolute atomic E-state index is 0.161. The van der Waals surface area contributed by atoms with Crippen LogP contribution in [0.3, 0.4) is 0 Å². The van der Waals surface area contributed by atoms with Crippen LogP contribution < -0.4 is 0 Å². The molecule has 0 fully saturated rings. The van der Waals surface area contributed by atoms with Crippen molar-refractivity contribution < 1.29 is 24.2 Å². The number of benzene rings is 2. The van der Waals surface area contributed by atoms with E-state index in [9.17, 15) is 15.0 Å². The van der Waals surface area contributed by atoms with E-state index < -0.39 is 5.97 Å². The quantitative estimate of drug-likeness (QED) is 0.408. The van der Waals surface area contributed by atoms with Crippen LogP contribution in [0, 0.1) is 0 Å². The van der Waals surface area contributed by atoms with Gasteiger partial charge in [-0.25, -0.2) is 9.78 Å². The van der Waals surface area contributed by atoms with Crippen molar-refractivity contribution in [2.45, 2.75) is 6.92 Å². The van der Waals surface area contributed by atoms with Gasteiger partial charge in [-0.05, 0) is 42.8 Å². The Labute approximate surface area is 149 Å². The number of hydrogen-bond donors (Lipinski definition) is 2. The summed E-state index contributed by atoms with van der Waals surface area (Å²) in [6.45, 7) is 2.07. The normalized spacial score (nSPS) is 11.6. The van der Waals surface area contributed by atoms with Crippen LogP contribution in [-0.4, -0.2) is 27.8 Å². The third kappa shape index (κ3) is 3.92. The Bertz CT molecular complexity index is 1000. The van der Waals surface area contributed by atoms with Gasteiger partial charge in [0.1, 0.15) is 5.52 Å². The number of allylic oxidation sites excluding steroid dienone is 2. The second-order valence-corrected chi connectivity index (χ2v) is 5.42. The molecule has 1 aromatic heterocycles. The molecule has 0 aliphatic heterocycles. The van der Waals surface area contributed by atoms with Crippen LogP contribution in [0.4, 0.5) is 0 Å². The van der Waals surface area contributed by atoms with E-state index in [0.29, 0.717) is 29.2 Å². The summed E-state index contributed by atoms with van der Waals surface area (Å²) < 4.78 is 10.6. The van der Waals surface area contributed by atoms with E-state index in [-0.39, 0.29) is 11.5 Å². The lowest BCUT2D eigenvalue weighted by molar-refractivity contribution is 0.0526. The summed E-state index contributed by atoms with van der Waals surface area (Å²) in [5.41, 5.74) is 2.31. The number of esters is 1. The maximum absolute atomic E-state index is 11.7. The highest BCUT2D eigenvalue weighted by molar-refractivity contribution is 5.93. The Morgan fingerprint density at radius 3 is 2.69 bits per heavy atom. The first-order chi connectivity index (χ1) is 12.6. The molecule has 6 nitrogen and oxygen atoms in total. The average Bonchev–Trinajstić information content (AvgIpc) is 3.03. The summed E-state index contributed by atoms with van der Waals surface area (Å²) >= 11 is 0. The fourth-order valence-electron chi connectivity index (χ4n) is 2.31. The highest BCUT2D eigenvalue weighted by Gasteiger charge is 2.10. The molecule has 1 heterocycles. The maximum atomic E-state index is 11.7. The molecule has 0 radical (unpaired) electrons. The van der Waals surface area contributed by atoms with Crippen molar-refractivity contribution in [2.24, 2.45) is 0 Å². The lowest BCUT2D eigenvalue weighted by Gasteiger charge is -2.00. The fraction of sp³-hybridized carbons (Fsp3) is 0.100. The summed E-state index contributed by atoms with van der Waals surface area (Å²) in [6.07, 6.45) is 6.93. The number of ether oxygens (including phenoxy) is 1. The standard InChI is InChI=1S/C20H17NO5/c1-2-25-20(24)14-8-10-18-15(12-14)21-19(26-18)6-4-3-5-13-7-9-16(22)17(23)11-13/h3-12,22-23H,2H2,1H3/b5-3+,6-4+. The molecule has 0 bridgehead atoms. The van der Waals surface area contributed by atoms with Gasteiger partial charge in [0.25, 0.3) is 0 Å². The first kappa shape index (κ1) is 17.3. The molecule has 0 saturated heterocycles. The molecule has 132 valence electrons. The van der Waals surface area contributed by atoms with Gasteiger partial charge in [0.05, 0.1) is 12.2 Å². The van der Waals surface area contributed by atoms with Crippen molar-refractivity contribution in [3.8, 4) is 11.5 Å². The van der Waals surface area contributed by atoms with Crippen LogP contribution in [0.25, 0.3) is 23.3 Å². The zero-order chi connectivity index (χ0) is 18.5. The number of nitrogens with zero attached hydrogens (tertiary/aromatic N) is 1. The van der Waals surface area contributed by atoms with E-state index >= 15 is 0 Å². The van der Waals surface area contributed by atoms with Gasteiger partial charge in [-0.1, -0.05) is 24.3 Å². The molecule has 0 spiro atoms. The number of carbonyl (C=O) groups excluding carboxylic acids is 1. The topological polar surface area (TPSA) is 92.8 Å². The average molecular weight is 351 g/mol. The van der Waals surface area contributed by atoms with Crippen molar-refractivity contribution in [3.63, 3.8) is 0 Å². The van der Waals surface area contributed by atoms with Crippen LogP contribution in [0.5, 0.6) is 11.5 Å². The highest BCUT2D eigenvalue weighted by Crippen LogP contribution is 2.25. The fourth-order valence-corrected chi connectivity index (χ4v) is 2.31. The van der Waals surface area contributed by atoms with Crippen molar-refractivity contribution in [3.05, 3.63) is 65.6 Å². The van der Waals surface area contributed by atoms with Crippen molar-refractivity contribution in [2.75, 3.05) is 6.61 Å². The number of carbonyl (C=O) groups is 1. The van der Waals surface area contributed by atoms with Crippen molar-refractivity contribution in [1.82, 2.24) is 4.98 Å². The first-order valence-corrected chi connectivity index (χ1v) is 8.01. The summed E-state index contributed by atoms with van der Waals surface area (Å²) in [5.74, 6) is -0.326. The molecule has 3 aromatic rings. The predicted octanol–water partition coefficient (Wildman–Crippen LogP) is 4.14. The molecule has 26 heavy (non-hydrogen) atoms. The van der Waals surface area contributed by atoms with Crippen LogP contribution in [0.1, 0.15) is 28.7 Å². The number of phenols is 2. The zero-order valence-corrected chi connectivity index (χ0v) is 14.0. The van der Waals surface area contributed by atoms with Crippen molar-refractivity contribution in [1.29, 1.82) is 0 Å². The SMILES string of the molecule is CCOC(=O)c1ccc2oc(/C=C/C=C/c3ccc(O)c(O)c3)nc2c1. The summed E-state index contributed by atoms with van der Waals surface area (Å²) in [6, 6.07) is 9.49. The molecular weight excluding hydrogens is 334 g/mol. The van der Waals surface area contributed by atoms with Gasteiger partial charge in [0.2, 0.25) is 5.89 Å². The highest BCUT2D eigenvalue weighted by atomic mass is 16.5. The van der Waals surface area contributed by atoms with Gasteiger partial charge in [-0.3, -0.25) is 0 Å². The number of fused-ring (bicyclic) bond motifs is 1. The van der Waals surface area contributed by atoms with Gasteiger partial charge in [0, 0.05) is 6.08 Å². The van der Waals surface area contributed by atoms with E-state index in [0.717, 1.165) is 5.56 Å². The minimum atomic E-state index is -0.394. The Kier molecular flexibility index (Phi) is 5.03. The molecule has 2 aromatic carbocycles. The van der Waals surface area contributed by atoms with E-state index in [1.807, 2.05) is 0 Å². The van der Waals surface area contributed by atoms with Crippen LogP contribution in [0.15, 0.2) is 53.0 Å². The number of oxazole rings is 1. The molecule has 2 N–H and O–H groups in total. The molecule has 0 aliphatic carbocycles. The minimum Gasteiger partial charge on any atom is -0.504 e. The largest absolute Gasteiger partial charge is 0.504 e. The second-order valence-electron chi connectivity index (χ2n) is 5.42. The molecular formula is C20H17NO5. The number of aromatic nitrogens is 1. The van der Waals surface area contributed by atoms with Gasteiger partial charge >= 0.3 is 5.97 Å². The molecule has 3 rings (SSSR count). The number of rotatable bonds is 5. The van der Waals surface area contributed by atoms with Gasteiger partial charge in [-0.2, -0.15) is 0 Å². The zero-order valence-electron chi connectivity index (χ0n) is 14.0. The van der Waals surface area contributed by atoms with Crippen LogP contribution >= 0.6 is 0 Å². The predicted molar refractivity (Wildman–Crippen MR) is 97.8 cm³/mol. The van der Waals surface area contributed by atoms with Gasteiger partial charge in [0.15, 0.2) is 17.1 Å². The third-order valence-corrected chi connectivity index (χ3v) is 3.55. The molecule has 0 unspecified atom stereocenters. The Hall–Kier alpha value is -3.54. The molecule has 0 atom stereocenters. The van der Waals surface area contributed by atoms with E-state index in [4.69, 9.17) is 9.15 Å². The molecule has 0 amide bonds. The van der Waals surface area contributed by atoms with Crippen LogP contribution in [0.2, 0.25) is 0 Å². The Morgan fingerprint density at radius 2 is 1.92 bits per heavy atom. The van der Waals surface area contributed by atoms with Gasteiger partial charge < -0.3 is 19.4 Å². The molecule has 0 saturated carbocycles. The van der Waals surface area contributed by atoms with E-state index in [1.165, 1.54) is 12.1 Å². The summed E-state index contributed by atoms with van der Waals surface area (Å²) in [4.78, 5) is 16.1. The number of hydrogen-bond acceptors (Lipinski definition) is 6. The number of aromatic hydroxyl groups is 2. The van der Waals surface area contributed by atoms with E-state index in [2.05, 4.69) is 4.98 Å². The monoisotopic (exact) mass is 351 g/mol. The third-order valence-electron chi connectivity index (χ3n) is 3.55. The number of phenolic OH excluding ortho intramolecular Hbond substituents is 2. The van der Waals surface area contributed by atoms with E-state index in [1.54, 1.807) is 55.5 Å². The molecule has 0 aliphatic rings. The summed E-state index contributed by atoms with van der Waals surface area (Å²) in [5, 5.41) is 18.7. The smallest absolute Gasteiger partial charge is 0.338 e. The van der Waals surface area contributed by atoms with Crippen LogP contribution in [-0.2, 0) is 4.74 Å². The van der Waals surface area contributed by atoms with Crippen molar-refractivity contribution >= 4 is 29.2 Å². The summed E-state index contributed by atoms with van der Waals surface area (Å²) in [7, 11) is 0. The Balaban J connectivity index is 1.73. The molecule has 6 heteroatoms.